The Hall–Kier alpha value is -2.49. The van der Waals surface area contributed by atoms with E-state index in [0.717, 1.165) is 5.56 Å². The molecule has 4 heteroatoms. The maximum atomic E-state index is 11.9. The molecule has 0 N–H and O–H groups in total. The molecular weight excluding hydrogens is 256 g/mol. The maximum absolute atomic E-state index is 11.9. The summed E-state index contributed by atoms with van der Waals surface area (Å²) in [7, 11) is 1.58. The molecule has 0 amide bonds. The van der Waals surface area contributed by atoms with Gasteiger partial charge in [0.2, 0.25) is 0 Å². The van der Waals surface area contributed by atoms with Gasteiger partial charge in [-0.15, -0.1) is 0 Å². The maximum Gasteiger partial charge on any atom is 0.315 e. The first-order chi connectivity index (χ1) is 9.76. The molecule has 0 saturated heterocycles. The van der Waals surface area contributed by atoms with Crippen molar-refractivity contribution < 1.29 is 19.0 Å². The van der Waals surface area contributed by atoms with E-state index in [1.165, 1.54) is 0 Å². The molecule has 2 aromatic rings. The van der Waals surface area contributed by atoms with Gasteiger partial charge in [0.1, 0.15) is 11.9 Å². The van der Waals surface area contributed by atoms with Gasteiger partial charge in [0, 0.05) is 6.07 Å². The number of methoxy groups -OCH3 is 1. The number of carbonyl (C=O) groups excluding carboxylic acids is 1. The third-order valence-electron chi connectivity index (χ3n) is 3.17. The number of carbonyl (C=O) groups is 1. The Balaban J connectivity index is 1.98. The predicted molar refractivity (Wildman–Crippen MR) is 73.1 cm³/mol. The number of ether oxygens (including phenoxy) is 3. The molecule has 0 spiro atoms. The molecule has 1 aliphatic heterocycles. The van der Waals surface area contributed by atoms with Crippen molar-refractivity contribution in [2.75, 3.05) is 7.11 Å². The molecule has 1 atom stereocenters. The second kappa shape index (κ2) is 5.25. The topological polar surface area (TPSA) is 44.8 Å². The second-order valence-corrected chi connectivity index (χ2v) is 4.51. The Labute approximate surface area is 116 Å². The summed E-state index contributed by atoms with van der Waals surface area (Å²) in [6, 6.07) is 14.8. The third kappa shape index (κ3) is 2.45. The Morgan fingerprint density at radius 3 is 2.65 bits per heavy atom. The highest BCUT2D eigenvalue weighted by Gasteiger charge is 2.25. The summed E-state index contributed by atoms with van der Waals surface area (Å²) in [5.41, 5.74) is 0.945. The minimum atomic E-state index is -0.350. The highest BCUT2D eigenvalue weighted by Crippen LogP contribution is 2.38. The van der Waals surface area contributed by atoms with Crippen LogP contribution in [0.2, 0.25) is 0 Å². The Morgan fingerprint density at radius 1 is 1.10 bits per heavy atom. The van der Waals surface area contributed by atoms with Gasteiger partial charge in [-0.2, -0.15) is 0 Å². The zero-order valence-electron chi connectivity index (χ0n) is 11.0. The van der Waals surface area contributed by atoms with Gasteiger partial charge in [0.15, 0.2) is 11.5 Å². The van der Waals surface area contributed by atoms with E-state index in [-0.39, 0.29) is 18.5 Å². The van der Waals surface area contributed by atoms with Crippen LogP contribution in [0, 0.1) is 0 Å². The number of benzene rings is 2. The molecule has 1 aliphatic rings. The standard InChI is InChI=1S/C16H14O4/c1-18-12-7-8-13-15(9-12)19-14(10-16(17)20-13)11-5-3-2-4-6-11/h2-9,14H,10H2,1H3/t14-/m0/s1. The molecule has 0 bridgehead atoms. The van der Waals surface area contributed by atoms with Crippen LogP contribution in [0.5, 0.6) is 17.2 Å². The molecule has 20 heavy (non-hydrogen) atoms. The van der Waals surface area contributed by atoms with E-state index in [2.05, 4.69) is 0 Å². The fraction of sp³-hybridized carbons (Fsp3) is 0.188. The zero-order valence-corrected chi connectivity index (χ0v) is 11.0. The molecule has 4 nitrogen and oxygen atoms in total. The van der Waals surface area contributed by atoms with Gasteiger partial charge in [0.05, 0.1) is 13.5 Å². The Morgan fingerprint density at radius 2 is 1.90 bits per heavy atom. The van der Waals surface area contributed by atoms with Crippen molar-refractivity contribution in [1.82, 2.24) is 0 Å². The summed E-state index contributed by atoms with van der Waals surface area (Å²) in [6.07, 6.45) is -0.168. The van der Waals surface area contributed by atoms with Crippen molar-refractivity contribution in [3.05, 3.63) is 54.1 Å². The van der Waals surface area contributed by atoms with Crippen molar-refractivity contribution in [2.24, 2.45) is 0 Å². The lowest BCUT2D eigenvalue weighted by molar-refractivity contribution is -0.135. The number of fused-ring (bicyclic) bond motifs is 1. The van der Waals surface area contributed by atoms with Crippen molar-refractivity contribution in [3.8, 4) is 17.2 Å². The van der Waals surface area contributed by atoms with E-state index in [1.54, 1.807) is 25.3 Å². The lowest BCUT2D eigenvalue weighted by Gasteiger charge is -2.16. The first-order valence-corrected chi connectivity index (χ1v) is 6.36. The van der Waals surface area contributed by atoms with Crippen LogP contribution in [0.1, 0.15) is 18.1 Å². The van der Waals surface area contributed by atoms with Crippen molar-refractivity contribution in [3.63, 3.8) is 0 Å². The van der Waals surface area contributed by atoms with Crippen molar-refractivity contribution in [2.45, 2.75) is 12.5 Å². The van der Waals surface area contributed by atoms with Crippen LogP contribution in [-0.4, -0.2) is 13.1 Å². The zero-order chi connectivity index (χ0) is 13.9. The lowest BCUT2D eigenvalue weighted by atomic mass is 10.1. The fourth-order valence-electron chi connectivity index (χ4n) is 2.16. The number of hydrogen-bond donors (Lipinski definition) is 0. The van der Waals surface area contributed by atoms with Gasteiger partial charge in [0.25, 0.3) is 0 Å². The van der Waals surface area contributed by atoms with Crippen LogP contribution in [0.4, 0.5) is 0 Å². The number of hydrogen-bond acceptors (Lipinski definition) is 4. The molecule has 0 saturated carbocycles. The molecule has 0 fully saturated rings. The first kappa shape index (κ1) is 12.5. The van der Waals surface area contributed by atoms with Gasteiger partial charge in [-0.1, -0.05) is 30.3 Å². The van der Waals surface area contributed by atoms with Crippen LogP contribution < -0.4 is 14.2 Å². The lowest BCUT2D eigenvalue weighted by Crippen LogP contribution is -2.13. The molecule has 0 aromatic heterocycles. The third-order valence-corrected chi connectivity index (χ3v) is 3.17. The normalized spacial score (nSPS) is 17.4. The van der Waals surface area contributed by atoms with Crippen LogP contribution >= 0.6 is 0 Å². The van der Waals surface area contributed by atoms with Crippen molar-refractivity contribution >= 4 is 5.97 Å². The van der Waals surface area contributed by atoms with Crippen LogP contribution in [0.25, 0.3) is 0 Å². The van der Waals surface area contributed by atoms with E-state index in [1.807, 2.05) is 30.3 Å². The second-order valence-electron chi connectivity index (χ2n) is 4.51. The Bertz CT molecular complexity index is 622. The first-order valence-electron chi connectivity index (χ1n) is 6.36. The minimum Gasteiger partial charge on any atom is -0.497 e. The molecule has 2 aromatic carbocycles. The molecule has 3 rings (SSSR count). The van der Waals surface area contributed by atoms with E-state index in [4.69, 9.17) is 14.2 Å². The van der Waals surface area contributed by atoms with Crippen LogP contribution in [0.3, 0.4) is 0 Å². The van der Waals surface area contributed by atoms with Gasteiger partial charge in [-0.3, -0.25) is 4.79 Å². The van der Waals surface area contributed by atoms with E-state index in [0.29, 0.717) is 17.2 Å². The molecule has 102 valence electrons. The average molecular weight is 270 g/mol. The largest absolute Gasteiger partial charge is 0.497 e. The number of rotatable bonds is 2. The van der Waals surface area contributed by atoms with E-state index in [9.17, 15) is 4.79 Å². The monoisotopic (exact) mass is 270 g/mol. The van der Waals surface area contributed by atoms with Crippen LogP contribution in [0.15, 0.2) is 48.5 Å². The summed E-state index contributed by atoms with van der Waals surface area (Å²) >= 11 is 0. The summed E-state index contributed by atoms with van der Waals surface area (Å²) in [6.45, 7) is 0. The highest BCUT2D eigenvalue weighted by atomic mass is 16.6. The van der Waals surface area contributed by atoms with E-state index < -0.39 is 0 Å². The van der Waals surface area contributed by atoms with E-state index >= 15 is 0 Å². The molecule has 0 aliphatic carbocycles. The smallest absolute Gasteiger partial charge is 0.315 e. The summed E-state index contributed by atoms with van der Waals surface area (Å²) in [5, 5.41) is 0. The van der Waals surface area contributed by atoms with Crippen molar-refractivity contribution in [1.29, 1.82) is 0 Å². The molecule has 0 radical (unpaired) electrons. The van der Waals surface area contributed by atoms with Gasteiger partial charge in [-0.05, 0) is 17.7 Å². The minimum absolute atomic E-state index is 0.182. The quantitative estimate of drug-likeness (QED) is 0.621. The average Bonchev–Trinajstić information content (AvgIpc) is 2.65. The summed E-state index contributed by atoms with van der Waals surface area (Å²) in [5.74, 6) is 1.30. The Kier molecular flexibility index (Phi) is 3.29. The van der Waals surface area contributed by atoms with Gasteiger partial charge in [-0.25, -0.2) is 0 Å². The number of esters is 1. The molecular formula is C16H14O4. The van der Waals surface area contributed by atoms with Gasteiger partial charge < -0.3 is 14.2 Å². The highest BCUT2D eigenvalue weighted by molar-refractivity contribution is 5.75. The fourth-order valence-corrected chi connectivity index (χ4v) is 2.16. The SMILES string of the molecule is COc1ccc2c(c1)O[C@H](c1ccccc1)CC(=O)O2. The van der Waals surface area contributed by atoms with Gasteiger partial charge >= 0.3 is 5.97 Å². The molecule has 1 heterocycles. The summed E-state index contributed by atoms with van der Waals surface area (Å²) < 4.78 is 16.4. The molecule has 0 unspecified atom stereocenters. The van der Waals surface area contributed by atoms with Crippen LogP contribution in [-0.2, 0) is 4.79 Å². The summed E-state index contributed by atoms with van der Waals surface area (Å²) in [4.78, 5) is 11.9. The predicted octanol–water partition coefficient (Wildman–Crippen LogP) is 3.12.